The number of nitrogens with zero attached hydrogens (tertiary/aromatic N) is 1. The van der Waals surface area contributed by atoms with E-state index < -0.39 is 16.3 Å². The molecular formula is C11H20N2O3S. The monoisotopic (exact) mass is 260 g/mol. The Labute approximate surface area is 104 Å². The molecule has 1 saturated carbocycles. The summed E-state index contributed by atoms with van der Waals surface area (Å²) in [7, 11) is 0.728. The minimum atomic E-state index is -0.810. The maximum Gasteiger partial charge on any atom is 0.325 e. The zero-order valence-corrected chi connectivity index (χ0v) is 11.0. The predicted octanol–water partition coefficient (Wildman–Crippen LogP) is -0.526. The molecule has 2 N–H and O–H groups in total. The lowest BCUT2D eigenvalue weighted by Gasteiger charge is -2.32. The van der Waals surface area contributed by atoms with E-state index in [-0.39, 0.29) is 5.97 Å². The Hall–Kier alpha value is -0.460. The van der Waals surface area contributed by atoms with Crippen molar-refractivity contribution >= 4 is 16.8 Å². The highest BCUT2D eigenvalue weighted by Crippen LogP contribution is 2.32. The summed E-state index contributed by atoms with van der Waals surface area (Å²) in [6.45, 7) is 1.71. The summed E-state index contributed by atoms with van der Waals surface area (Å²) in [6.07, 6.45) is 2.27. The fourth-order valence-electron chi connectivity index (χ4n) is 2.77. The Balaban J connectivity index is 1.93. The van der Waals surface area contributed by atoms with Gasteiger partial charge in [-0.05, 0) is 19.3 Å². The summed E-state index contributed by atoms with van der Waals surface area (Å²) in [4.78, 5) is 13.9. The third-order valence-corrected chi connectivity index (χ3v) is 5.12. The summed E-state index contributed by atoms with van der Waals surface area (Å²) >= 11 is 0. The molecule has 2 unspecified atom stereocenters. The van der Waals surface area contributed by atoms with Gasteiger partial charge in [-0.2, -0.15) is 0 Å². The first-order valence-electron chi connectivity index (χ1n) is 6.01. The van der Waals surface area contributed by atoms with Gasteiger partial charge >= 0.3 is 5.97 Å². The lowest BCUT2D eigenvalue weighted by atomic mass is 9.99. The molecule has 1 aliphatic heterocycles. The van der Waals surface area contributed by atoms with Gasteiger partial charge in [-0.1, -0.05) is 0 Å². The van der Waals surface area contributed by atoms with Gasteiger partial charge < -0.3 is 10.5 Å². The molecule has 2 fully saturated rings. The van der Waals surface area contributed by atoms with Gasteiger partial charge in [-0.15, -0.1) is 0 Å². The summed E-state index contributed by atoms with van der Waals surface area (Å²) in [5.74, 6) is 1.18. The molecule has 1 aliphatic carbocycles. The number of hydrogen-bond donors (Lipinski definition) is 1. The number of carbonyl (C=O) groups excluding carboxylic acids is 1. The Morgan fingerprint density at radius 1 is 1.47 bits per heavy atom. The Morgan fingerprint density at radius 3 is 2.71 bits per heavy atom. The standard InChI is InChI=1S/C11H20N2O3S/c1-16-10(14)11(12)3-2-9(8-11)13-4-6-17(15)7-5-13/h9H,2-8,12H2,1H3. The van der Waals surface area contributed by atoms with Crippen LogP contribution >= 0.6 is 0 Å². The van der Waals surface area contributed by atoms with Gasteiger partial charge in [0.15, 0.2) is 0 Å². The van der Waals surface area contributed by atoms with E-state index >= 15 is 0 Å². The minimum Gasteiger partial charge on any atom is -0.468 e. The smallest absolute Gasteiger partial charge is 0.325 e. The minimum absolute atomic E-state index is 0.305. The van der Waals surface area contributed by atoms with E-state index in [2.05, 4.69) is 4.90 Å². The molecular weight excluding hydrogens is 240 g/mol. The SMILES string of the molecule is COC(=O)C1(N)CCC(N2CCS(=O)CC2)C1. The van der Waals surface area contributed by atoms with E-state index in [1.165, 1.54) is 7.11 Å². The van der Waals surface area contributed by atoms with Crippen LogP contribution in [0.3, 0.4) is 0 Å². The average Bonchev–Trinajstić information content (AvgIpc) is 2.73. The number of nitrogens with two attached hydrogens (primary N) is 1. The van der Waals surface area contributed by atoms with Gasteiger partial charge in [-0.3, -0.25) is 13.9 Å². The van der Waals surface area contributed by atoms with Crippen LogP contribution in [0.5, 0.6) is 0 Å². The normalized spacial score (nSPS) is 36.0. The highest BCUT2D eigenvalue weighted by molar-refractivity contribution is 7.85. The second-order valence-electron chi connectivity index (χ2n) is 4.93. The average molecular weight is 260 g/mol. The maximum atomic E-state index is 11.6. The molecule has 1 saturated heterocycles. The van der Waals surface area contributed by atoms with Crippen LogP contribution in [0.15, 0.2) is 0 Å². The number of hydrogen-bond acceptors (Lipinski definition) is 5. The molecule has 0 aromatic carbocycles. The van der Waals surface area contributed by atoms with Gasteiger partial charge in [0.25, 0.3) is 0 Å². The molecule has 17 heavy (non-hydrogen) atoms. The first-order chi connectivity index (χ1) is 8.05. The van der Waals surface area contributed by atoms with Crippen LogP contribution in [-0.2, 0) is 20.3 Å². The van der Waals surface area contributed by atoms with Gasteiger partial charge in [0.1, 0.15) is 5.54 Å². The van der Waals surface area contributed by atoms with E-state index in [0.29, 0.717) is 18.9 Å². The van der Waals surface area contributed by atoms with Crippen LogP contribution in [-0.4, -0.2) is 58.4 Å². The van der Waals surface area contributed by atoms with Crippen LogP contribution in [0.2, 0.25) is 0 Å². The Morgan fingerprint density at radius 2 is 2.12 bits per heavy atom. The van der Waals surface area contributed by atoms with E-state index in [1.54, 1.807) is 0 Å². The molecule has 0 radical (unpaired) electrons. The number of esters is 1. The van der Waals surface area contributed by atoms with Crippen molar-refractivity contribution in [2.24, 2.45) is 5.73 Å². The van der Waals surface area contributed by atoms with Crippen LogP contribution in [0.4, 0.5) is 0 Å². The topological polar surface area (TPSA) is 72.6 Å². The summed E-state index contributed by atoms with van der Waals surface area (Å²) < 4.78 is 16.0. The van der Waals surface area contributed by atoms with Crippen molar-refractivity contribution in [3.8, 4) is 0 Å². The van der Waals surface area contributed by atoms with E-state index in [4.69, 9.17) is 10.5 Å². The van der Waals surface area contributed by atoms with Crippen LogP contribution in [0.25, 0.3) is 0 Å². The molecule has 2 atom stereocenters. The molecule has 0 amide bonds. The van der Waals surface area contributed by atoms with Crippen molar-refractivity contribution < 1.29 is 13.7 Å². The highest BCUT2D eigenvalue weighted by atomic mass is 32.2. The fourth-order valence-corrected chi connectivity index (χ4v) is 3.85. The first kappa shape index (κ1) is 13.0. The second kappa shape index (κ2) is 5.04. The van der Waals surface area contributed by atoms with Crippen molar-refractivity contribution in [1.82, 2.24) is 4.90 Å². The Kier molecular flexibility index (Phi) is 3.85. The van der Waals surface area contributed by atoms with Crippen molar-refractivity contribution in [3.63, 3.8) is 0 Å². The van der Waals surface area contributed by atoms with Crippen molar-refractivity contribution in [2.75, 3.05) is 31.7 Å². The second-order valence-corrected chi connectivity index (χ2v) is 6.62. The number of methoxy groups -OCH3 is 1. The molecule has 0 aromatic heterocycles. The maximum absolute atomic E-state index is 11.6. The van der Waals surface area contributed by atoms with Crippen LogP contribution in [0, 0.1) is 0 Å². The van der Waals surface area contributed by atoms with Crippen molar-refractivity contribution in [1.29, 1.82) is 0 Å². The molecule has 0 spiro atoms. The molecule has 0 bridgehead atoms. The van der Waals surface area contributed by atoms with Gasteiger partial charge in [0, 0.05) is 41.4 Å². The van der Waals surface area contributed by atoms with Crippen LogP contribution < -0.4 is 5.73 Å². The zero-order chi connectivity index (χ0) is 12.5. The van der Waals surface area contributed by atoms with Crippen LogP contribution in [0.1, 0.15) is 19.3 Å². The van der Waals surface area contributed by atoms with Crippen molar-refractivity contribution in [2.45, 2.75) is 30.8 Å². The lowest BCUT2D eigenvalue weighted by molar-refractivity contribution is -0.147. The van der Waals surface area contributed by atoms with E-state index in [9.17, 15) is 9.00 Å². The quantitative estimate of drug-likeness (QED) is 0.676. The fraction of sp³-hybridized carbons (Fsp3) is 0.909. The summed E-state index contributed by atoms with van der Waals surface area (Å²) in [5, 5.41) is 0. The number of carbonyl (C=O) groups is 1. The van der Waals surface area contributed by atoms with Gasteiger partial charge in [-0.25, -0.2) is 0 Å². The molecule has 2 rings (SSSR count). The number of ether oxygens (including phenoxy) is 1. The van der Waals surface area contributed by atoms with Crippen molar-refractivity contribution in [3.05, 3.63) is 0 Å². The predicted molar refractivity (Wildman–Crippen MR) is 66.0 cm³/mol. The number of rotatable bonds is 2. The van der Waals surface area contributed by atoms with Gasteiger partial charge in [0.2, 0.25) is 0 Å². The third-order valence-electron chi connectivity index (χ3n) is 3.84. The summed E-state index contributed by atoms with van der Waals surface area (Å²) in [5.41, 5.74) is 5.27. The summed E-state index contributed by atoms with van der Waals surface area (Å²) in [6, 6.07) is 0.344. The zero-order valence-electron chi connectivity index (χ0n) is 10.2. The lowest BCUT2D eigenvalue weighted by Crippen LogP contribution is -2.49. The van der Waals surface area contributed by atoms with Gasteiger partial charge in [0.05, 0.1) is 7.11 Å². The molecule has 0 aromatic rings. The molecule has 2 aliphatic rings. The molecule has 98 valence electrons. The van der Waals surface area contributed by atoms with E-state index in [1.807, 2.05) is 0 Å². The van der Waals surface area contributed by atoms with E-state index in [0.717, 1.165) is 31.0 Å². The third kappa shape index (κ3) is 2.69. The molecule has 1 heterocycles. The molecule has 6 heteroatoms. The highest BCUT2D eigenvalue weighted by Gasteiger charge is 2.44. The largest absolute Gasteiger partial charge is 0.468 e. The Bertz CT molecular complexity index is 327. The first-order valence-corrected chi connectivity index (χ1v) is 7.50. The molecule has 5 nitrogen and oxygen atoms in total.